The van der Waals surface area contributed by atoms with E-state index in [9.17, 15) is 19.2 Å². The Bertz CT molecular complexity index is 442. The minimum Gasteiger partial charge on any atom is -0.352 e. The van der Waals surface area contributed by atoms with Gasteiger partial charge in [0.1, 0.15) is 12.5 Å². The van der Waals surface area contributed by atoms with Gasteiger partial charge in [0.2, 0.25) is 17.7 Å². The van der Waals surface area contributed by atoms with Crippen molar-refractivity contribution in [2.75, 3.05) is 6.54 Å². The first-order valence-electron chi connectivity index (χ1n) is 6.35. The second-order valence-corrected chi connectivity index (χ2v) is 5.28. The molecule has 0 aromatic carbocycles. The molecule has 1 aliphatic heterocycles. The van der Waals surface area contributed by atoms with Crippen molar-refractivity contribution in [2.24, 2.45) is 11.8 Å². The van der Waals surface area contributed by atoms with E-state index in [4.69, 9.17) is 0 Å². The highest BCUT2D eigenvalue weighted by Crippen LogP contribution is 2.20. The highest BCUT2D eigenvalue weighted by molar-refractivity contribution is 6.17. The minimum atomic E-state index is -0.911. The van der Waals surface area contributed by atoms with Crippen molar-refractivity contribution >= 4 is 23.8 Å². The number of hydrogen-bond donors (Lipinski definition) is 2. The van der Waals surface area contributed by atoms with Crippen molar-refractivity contribution in [2.45, 2.75) is 32.7 Å². The maximum atomic E-state index is 12.1. The molecule has 1 unspecified atom stereocenters. The third-order valence-electron chi connectivity index (χ3n) is 3.20. The maximum absolute atomic E-state index is 12.1. The largest absolute Gasteiger partial charge is 0.352 e. The van der Waals surface area contributed by atoms with Crippen molar-refractivity contribution in [3.05, 3.63) is 0 Å². The summed E-state index contributed by atoms with van der Waals surface area (Å²) in [5, 5.41) is 4.81. The van der Waals surface area contributed by atoms with E-state index in [2.05, 4.69) is 10.6 Å². The summed E-state index contributed by atoms with van der Waals surface area (Å²) in [4.78, 5) is 47.7. The van der Waals surface area contributed by atoms with Crippen molar-refractivity contribution < 1.29 is 19.2 Å². The van der Waals surface area contributed by atoms with Crippen molar-refractivity contribution in [1.82, 2.24) is 15.5 Å². The van der Waals surface area contributed by atoms with Gasteiger partial charge in [-0.2, -0.15) is 0 Å². The van der Waals surface area contributed by atoms with Gasteiger partial charge in [-0.05, 0) is 18.8 Å². The summed E-state index contributed by atoms with van der Waals surface area (Å²) in [5.41, 5.74) is 0. The molecule has 19 heavy (non-hydrogen) atoms. The summed E-state index contributed by atoms with van der Waals surface area (Å²) in [5.74, 6) is -2.71. The molecule has 1 atom stereocenters. The maximum Gasteiger partial charge on any atom is 0.331 e. The molecule has 1 saturated carbocycles. The van der Waals surface area contributed by atoms with Crippen molar-refractivity contribution in [1.29, 1.82) is 0 Å². The quantitative estimate of drug-likeness (QED) is 0.678. The second-order valence-electron chi connectivity index (χ2n) is 5.28. The van der Waals surface area contributed by atoms with E-state index in [1.807, 2.05) is 0 Å². The Morgan fingerprint density at radius 3 is 2.53 bits per heavy atom. The summed E-state index contributed by atoms with van der Waals surface area (Å²) < 4.78 is 0. The molecule has 0 radical (unpaired) electrons. The Balaban J connectivity index is 2.04. The molecule has 1 aliphatic carbocycles. The number of amides is 5. The predicted octanol–water partition coefficient (Wildman–Crippen LogP) is -0.384. The molecular weight excluding hydrogens is 250 g/mol. The van der Waals surface area contributed by atoms with Crippen LogP contribution >= 0.6 is 0 Å². The zero-order chi connectivity index (χ0) is 14.2. The lowest BCUT2D eigenvalue weighted by Crippen LogP contribution is -2.60. The summed E-state index contributed by atoms with van der Waals surface area (Å²) >= 11 is 0. The molecule has 0 bridgehead atoms. The summed E-state index contributed by atoms with van der Waals surface area (Å²) in [6, 6.07) is -0.657. The highest BCUT2D eigenvalue weighted by atomic mass is 16.2. The first kappa shape index (κ1) is 13.5. The Hall–Kier alpha value is -1.92. The number of barbiturate groups is 1. The molecule has 5 amide bonds. The second kappa shape index (κ2) is 4.99. The predicted molar refractivity (Wildman–Crippen MR) is 64.7 cm³/mol. The lowest BCUT2D eigenvalue weighted by molar-refractivity contribution is -0.146. The molecule has 7 nitrogen and oxygen atoms in total. The smallest absolute Gasteiger partial charge is 0.331 e. The average Bonchev–Trinajstić information content (AvgIpc) is 3.07. The third kappa shape index (κ3) is 2.91. The van der Waals surface area contributed by atoms with Gasteiger partial charge in [-0.1, -0.05) is 13.8 Å². The number of rotatable bonds is 4. The number of carbonyl (C=O) groups excluding carboxylic acids is 4. The van der Waals surface area contributed by atoms with Crippen molar-refractivity contribution in [3.63, 3.8) is 0 Å². The van der Waals surface area contributed by atoms with Crippen LogP contribution in [-0.4, -0.2) is 41.2 Å². The monoisotopic (exact) mass is 267 g/mol. The van der Waals surface area contributed by atoms with Gasteiger partial charge < -0.3 is 5.32 Å². The van der Waals surface area contributed by atoms with Gasteiger partial charge in [-0.3, -0.25) is 24.6 Å². The Kier molecular flexibility index (Phi) is 3.55. The fourth-order valence-electron chi connectivity index (χ4n) is 2.01. The SMILES string of the molecule is CC(C)C1C(=O)NC(=O)N(CC(=O)NC2CC2)C1=O. The van der Waals surface area contributed by atoms with Gasteiger partial charge in [0.25, 0.3) is 0 Å². The van der Waals surface area contributed by atoms with E-state index >= 15 is 0 Å². The molecule has 104 valence electrons. The van der Waals surface area contributed by atoms with Crippen LogP contribution in [0.25, 0.3) is 0 Å². The zero-order valence-corrected chi connectivity index (χ0v) is 10.9. The lowest BCUT2D eigenvalue weighted by atomic mass is 9.92. The number of urea groups is 1. The first-order chi connectivity index (χ1) is 8.90. The Morgan fingerprint density at radius 2 is 2.00 bits per heavy atom. The van der Waals surface area contributed by atoms with Crippen LogP contribution in [0.15, 0.2) is 0 Å². The number of nitrogens with one attached hydrogen (secondary N) is 2. The molecule has 0 aromatic heterocycles. The fourth-order valence-corrected chi connectivity index (χ4v) is 2.01. The Labute approximate surface area is 110 Å². The minimum absolute atomic E-state index is 0.165. The molecule has 1 heterocycles. The van der Waals surface area contributed by atoms with E-state index in [1.54, 1.807) is 13.8 Å². The third-order valence-corrected chi connectivity index (χ3v) is 3.20. The van der Waals surface area contributed by atoms with Gasteiger partial charge in [0, 0.05) is 6.04 Å². The van der Waals surface area contributed by atoms with Crippen LogP contribution in [0.3, 0.4) is 0 Å². The topological polar surface area (TPSA) is 95.6 Å². The average molecular weight is 267 g/mol. The summed E-state index contributed by atoms with van der Waals surface area (Å²) in [6.45, 7) is 3.11. The van der Waals surface area contributed by atoms with Gasteiger partial charge in [-0.15, -0.1) is 0 Å². The standard InChI is InChI=1S/C12H17N3O4/c1-6(2)9-10(17)14-12(19)15(11(9)18)5-8(16)13-7-3-4-7/h6-7,9H,3-5H2,1-2H3,(H,13,16)(H,14,17,19). The van der Waals surface area contributed by atoms with E-state index in [1.165, 1.54) is 0 Å². The van der Waals surface area contributed by atoms with Crippen LogP contribution < -0.4 is 10.6 Å². The first-order valence-corrected chi connectivity index (χ1v) is 6.35. The van der Waals surface area contributed by atoms with E-state index in [0.29, 0.717) is 0 Å². The number of imide groups is 2. The van der Waals surface area contributed by atoms with Crippen LogP contribution in [0.4, 0.5) is 4.79 Å². The molecule has 2 rings (SSSR count). The van der Waals surface area contributed by atoms with Gasteiger partial charge in [0.15, 0.2) is 0 Å². The molecule has 1 saturated heterocycles. The number of hydrogen-bond acceptors (Lipinski definition) is 4. The Morgan fingerprint density at radius 1 is 1.37 bits per heavy atom. The van der Waals surface area contributed by atoms with Gasteiger partial charge in [0.05, 0.1) is 0 Å². The van der Waals surface area contributed by atoms with Crippen LogP contribution in [0.1, 0.15) is 26.7 Å². The van der Waals surface area contributed by atoms with Crippen LogP contribution in [0.5, 0.6) is 0 Å². The van der Waals surface area contributed by atoms with Crippen LogP contribution in [0, 0.1) is 11.8 Å². The fraction of sp³-hybridized carbons (Fsp3) is 0.667. The molecular formula is C12H17N3O4. The highest BCUT2D eigenvalue weighted by Gasteiger charge is 2.42. The van der Waals surface area contributed by atoms with Crippen LogP contribution in [-0.2, 0) is 14.4 Å². The summed E-state index contributed by atoms with van der Waals surface area (Å²) in [6.07, 6.45) is 1.86. The van der Waals surface area contributed by atoms with Crippen LogP contribution in [0.2, 0.25) is 0 Å². The van der Waals surface area contributed by atoms with E-state index in [0.717, 1.165) is 17.7 Å². The number of nitrogens with zero attached hydrogens (tertiary/aromatic N) is 1. The van der Waals surface area contributed by atoms with Gasteiger partial charge in [-0.25, -0.2) is 4.79 Å². The number of carbonyl (C=O) groups is 4. The zero-order valence-electron chi connectivity index (χ0n) is 10.9. The van der Waals surface area contributed by atoms with Gasteiger partial charge >= 0.3 is 6.03 Å². The lowest BCUT2D eigenvalue weighted by Gasteiger charge is -2.31. The molecule has 7 heteroatoms. The molecule has 2 fully saturated rings. The van der Waals surface area contributed by atoms with E-state index in [-0.39, 0.29) is 24.4 Å². The van der Waals surface area contributed by atoms with Crippen molar-refractivity contribution in [3.8, 4) is 0 Å². The summed E-state index contributed by atoms with van der Waals surface area (Å²) in [7, 11) is 0. The molecule has 0 aromatic rings. The van der Waals surface area contributed by atoms with E-state index < -0.39 is 23.8 Å². The molecule has 2 N–H and O–H groups in total. The molecule has 0 spiro atoms. The normalized spacial score (nSPS) is 23.6. The molecule has 2 aliphatic rings.